The Morgan fingerprint density at radius 2 is 2.17 bits per heavy atom. The van der Waals surface area contributed by atoms with E-state index in [2.05, 4.69) is 11.6 Å². The van der Waals surface area contributed by atoms with Gasteiger partial charge in [0, 0.05) is 36.5 Å². The summed E-state index contributed by atoms with van der Waals surface area (Å²) in [6.45, 7) is 4.28. The van der Waals surface area contributed by atoms with Crippen molar-refractivity contribution < 1.29 is 23.1 Å². The lowest BCUT2D eigenvalue weighted by atomic mass is 10.0. The number of carboxylic acids is 1. The summed E-state index contributed by atoms with van der Waals surface area (Å²) in [6, 6.07) is 11.0. The minimum Gasteiger partial charge on any atom is -0.482 e. The highest BCUT2D eigenvalue weighted by Gasteiger charge is 2.32. The van der Waals surface area contributed by atoms with Crippen molar-refractivity contribution in [2.24, 2.45) is 0 Å². The number of hydrogen-bond donors (Lipinski definition) is 1. The first kappa shape index (κ1) is 21.0. The number of hydrogen-bond acceptors (Lipinski definition) is 6. The molecule has 1 aliphatic heterocycles. The number of benzene rings is 1. The quantitative estimate of drug-likeness (QED) is 0.627. The molecule has 1 atom stereocenters. The third-order valence-electron chi connectivity index (χ3n) is 4.83. The molecule has 2 heterocycles. The van der Waals surface area contributed by atoms with Gasteiger partial charge in [0.05, 0.1) is 17.2 Å². The van der Waals surface area contributed by atoms with Gasteiger partial charge in [-0.05, 0) is 36.8 Å². The Morgan fingerprint density at radius 3 is 2.79 bits per heavy atom. The Bertz CT molecular complexity index is 976. The monoisotopic (exact) mass is 416 g/mol. The molecular weight excluding hydrogens is 392 g/mol. The lowest BCUT2D eigenvalue weighted by Gasteiger charge is -2.27. The fraction of sp³-hybridized carbons (Fsp3) is 0.333. The number of ether oxygens (including phenoxy) is 1. The third-order valence-corrected chi connectivity index (χ3v) is 6.58. The van der Waals surface area contributed by atoms with Crippen molar-refractivity contribution in [2.45, 2.75) is 19.0 Å². The van der Waals surface area contributed by atoms with Crippen molar-refractivity contribution in [1.82, 2.24) is 9.88 Å². The van der Waals surface area contributed by atoms with Gasteiger partial charge in [0.15, 0.2) is 16.4 Å². The number of carbonyl (C=O) groups is 1. The van der Waals surface area contributed by atoms with Crippen molar-refractivity contribution in [3.63, 3.8) is 0 Å². The van der Waals surface area contributed by atoms with Crippen LogP contribution >= 0.6 is 0 Å². The van der Waals surface area contributed by atoms with E-state index in [1.165, 1.54) is 0 Å². The van der Waals surface area contributed by atoms with Gasteiger partial charge in [-0.15, -0.1) is 6.58 Å². The van der Waals surface area contributed by atoms with Gasteiger partial charge < -0.3 is 9.84 Å². The summed E-state index contributed by atoms with van der Waals surface area (Å²) < 4.78 is 29.4. The van der Waals surface area contributed by atoms with Crippen LogP contribution in [-0.2, 0) is 21.2 Å². The van der Waals surface area contributed by atoms with Crippen LogP contribution in [0.25, 0.3) is 11.3 Å². The second kappa shape index (κ2) is 9.19. The fourth-order valence-electron chi connectivity index (χ4n) is 3.47. The highest BCUT2D eigenvalue weighted by Crippen LogP contribution is 2.29. The summed E-state index contributed by atoms with van der Waals surface area (Å²) in [5.41, 5.74) is 2.44. The normalized spacial score (nSPS) is 17.9. The van der Waals surface area contributed by atoms with Gasteiger partial charge in [-0.25, -0.2) is 13.2 Å². The smallest absolute Gasteiger partial charge is 0.341 e. The molecule has 0 amide bonds. The average molecular weight is 416 g/mol. The van der Waals surface area contributed by atoms with E-state index in [1.807, 2.05) is 35.2 Å². The standard InChI is InChI=1S/C21H24N2O5S/c1-2-10-23(18-8-11-29(26,27)15-18)13-17-12-16(19-5-3-4-9-22-19)6-7-20(17)28-14-21(24)25/h2-7,9,12,18H,1,8,10-11,13-15H2,(H,24,25). The number of aliphatic carboxylic acids is 1. The van der Waals surface area contributed by atoms with Crippen LogP contribution in [0.5, 0.6) is 5.75 Å². The Balaban J connectivity index is 1.92. The molecule has 0 aliphatic carbocycles. The Morgan fingerprint density at radius 1 is 1.34 bits per heavy atom. The number of rotatable bonds is 9. The summed E-state index contributed by atoms with van der Waals surface area (Å²) in [6.07, 6.45) is 4.02. The van der Waals surface area contributed by atoms with E-state index in [1.54, 1.807) is 18.3 Å². The molecule has 0 bridgehead atoms. The predicted molar refractivity (Wildman–Crippen MR) is 110 cm³/mol. The molecule has 1 unspecified atom stereocenters. The molecule has 1 aliphatic rings. The van der Waals surface area contributed by atoms with Crippen LogP contribution in [0.3, 0.4) is 0 Å². The van der Waals surface area contributed by atoms with Crippen LogP contribution in [0.4, 0.5) is 0 Å². The molecule has 2 aromatic rings. The van der Waals surface area contributed by atoms with Crippen LogP contribution in [0, 0.1) is 0 Å². The average Bonchev–Trinajstić information content (AvgIpc) is 3.07. The van der Waals surface area contributed by atoms with E-state index in [4.69, 9.17) is 9.84 Å². The first-order valence-corrected chi connectivity index (χ1v) is 11.1. The van der Waals surface area contributed by atoms with Crippen molar-refractivity contribution in [2.75, 3.05) is 24.7 Å². The van der Waals surface area contributed by atoms with Crippen molar-refractivity contribution >= 4 is 15.8 Å². The molecule has 1 saturated heterocycles. The second-order valence-electron chi connectivity index (χ2n) is 6.99. The zero-order valence-electron chi connectivity index (χ0n) is 16.0. The number of sulfone groups is 1. The Kier molecular flexibility index (Phi) is 6.66. The van der Waals surface area contributed by atoms with E-state index in [9.17, 15) is 13.2 Å². The highest BCUT2D eigenvalue weighted by atomic mass is 32.2. The molecule has 0 radical (unpaired) electrons. The molecule has 154 valence electrons. The first-order valence-electron chi connectivity index (χ1n) is 9.32. The van der Waals surface area contributed by atoms with Crippen molar-refractivity contribution in [3.05, 3.63) is 60.8 Å². The lowest BCUT2D eigenvalue weighted by Crippen LogP contribution is -2.36. The van der Waals surface area contributed by atoms with Crippen molar-refractivity contribution in [3.8, 4) is 17.0 Å². The molecular formula is C21H24N2O5S. The van der Waals surface area contributed by atoms with Gasteiger partial charge >= 0.3 is 5.97 Å². The SMILES string of the molecule is C=CCN(Cc1cc(-c2ccccn2)ccc1OCC(=O)O)C1CCS(=O)(=O)C1. The van der Waals surface area contributed by atoms with Crippen LogP contribution in [0.15, 0.2) is 55.3 Å². The van der Waals surface area contributed by atoms with Crippen molar-refractivity contribution in [1.29, 1.82) is 0 Å². The predicted octanol–water partition coefficient (Wildman–Crippen LogP) is 2.39. The van der Waals surface area contributed by atoms with E-state index < -0.39 is 22.4 Å². The van der Waals surface area contributed by atoms with Crippen LogP contribution in [0.2, 0.25) is 0 Å². The minimum atomic E-state index is -3.03. The zero-order chi connectivity index (χ0) is 20.9. The topological polar surface area (TPSA) is 96.8 Å². The zero-order valence-corrected chi connectivity index (χ0v) is 16.8. The van der Waals surface area contributed by atoms with Gasteiger partial charge in [-0.3, -0.25) is 9.88 Å². The van der Waals surface area contributed by atoms with Gasteiger partial charge in [-0.2, -0.15) is 0 Å². The molecule has 0 spiro atoms. The number of pyridine rings is 1. The van der Waals surface area contributed by atoms with Gasteiger partial charge in [0.25, 0.3) is 0 Å². The summed E-state index contributed by atoms with van der Waals surface area (Å²) in [5.74, 6) is -0.301. The third kappa shape index (κ3) is 5.65. The first-order chi connectivity index (χ1) is 13.9. The van der Waals surface area contributed by atoms with E-state index >= 15 is 0 Å². The maximum Gasteiger partial charge on any atom is 0.341 e. The molecule has 1 N–H and O–H groups in total. The highest BCUT2D eigenvalue weighted by molar-refractivity contribution is 7.91. The van der Waals surface area contributed by atoms with Crippen LogP contribution < -0.4 is 4.74 Å². The molecule has 1 aromatic heterocycles. The van der Waals surface area contributed by atoms with Gasteiger partial charge in [0.2, 0.25) is 0 Å². The maximum atomic E-state index is 11.9. The summed E-state index contributed by atoms with van der Waals surface area (Å²) in [7, 11) is -3.03. The molecule has 29 heavy (non-hydrogen) atoms. The molecule has 0 saturated carbocycles. The maximum absolute atomic E-state index is 11.9. The Hall–Kier alpha value is -2.71. The molecule has 7 nitrogen and oxygen atoms in total. The van der Waals surface area contributed by atoms with E-state index in [0.717, 1.165) is 16.8 Å². The molecule has 3 rings (SSSR count). The van der Waals surface area contributed by atoms with Gasteiger partial charge in [0.1, 0.15) is 5.75 Å². The molecule has 8 heteroatoms. The summed E-state index contributed by atoms with van der Waals surface area (Å²) in [5, 5.41) is 8.97. The van der Waals surface area contributed by atoms with E-state index in [0.29, 0.717) is 25.3 Å². The van der Waals surface area contributed by atoms with Crippen LogP contribution in [0.1, 0.15) is 12.0 Å². The number of aromatic nitrogens is 1. The number of nitrogens with zero attached hydrogens (tertiary/aromatic N) is 2. The summed E-state index contributed by atoms with van der Waals surface area (Å²) in [4.78, 5) is 17.4. The minimum absolute atomic E-state index is 0.108. The van der Waals surface area contributed by atoms with Crippen LogP contribution in [-0.4, -0.2) is 60.1 Å². The van der Waals surface area contributed by atoms with Gasteiger partial charge in [-0.1, -0.05) is 12.1 Å². The lowest BCUT2D eigenvalue weighted by molar-refractivity contribution is -0.139. The van der Waals surface area contributed by atoms with E-state index in [-0.39, 0.29) is 17.5 Å². The molecule has 1 aromatic carbocycles. The second-order valence-corrected chi connectivity index (χ2v) is 9.22. The number of carboxylic acid groups (broad SMARTS) is 1. The largest absolute Gasteiger partial charge is 0.482 e. The summed E-state index contributed by atoms with van der Waals surface area (Å²) >= 11 is 0. The fourth-order valence-corrected chi connectivity index (χ4v) is 5.23. The molecule has 1 fully saturated rings. The Labute approximate surface area is 170 Å².